The largest absolute Gasteiger partial charge is 0.479 e. The number of carbonyl (C=O) groups is 1. The highest BCUT2D eigenvalue weighted by atomic mass is 35.5. The van der Waals surface area contributed by atoms with Gasteiger partial charge in [-0.25, -0.2) is 4.39 Å². The van der Waals surface area contributed by atoms with Crippen LogP contribution in [0.4, 0.5) is 4.39 Å². The fourth-order valence-corrected chi connectivity index (χ4v) is 1.84. The summed E-state index contributed by atoms with van der Waals surface area (Å²) in [7, 11) is 0. The zero-order chi connectivity index (χ0) is 15.8. The Morgan fingerprint density at radius 1 is 1.32 bits per heavy atom. The van der Waals surface area contributed by atoms with Crippen LogP contribution < -0.4 is 10.1 Å². The van der Waals surface area contributed by atoms with E-state index in [1.807, 2.05) is 0 Å². The number of hydrogen-bond acceptors (Lipinski definition) is 3. The van der Waals surface area contributed by atoms with E-state index in [9.17, 15) is 9.18 Å². The molecular weight excluding hydrogens is 307 g/mol. The molecule has 1 amide bonds. The molecule has 0 radical (unpaired) electrons. The Balaban J connectivity index is 1.79. The molecular formula is C16H12ClFN2O2. The molecule has 0 aliphatic carbocycles. The van der Waals surface area contributed by atoms with Gasteiger partial charge in [0.05, 0.1) is 23.3 Å². The lowest BCUT2D eigenvalue weighted by Gasteiger charge is -2.04. The Bertz CT molecular complexity index is 691. The summed E-state index contributed by atoms with van der Waals surface area (Å²) in [5.41, 5.74) is -0.183. The molecule has 1 aromatic carbocycles. The highest BCUT2D eigenvalue weighted by Gasteiger charge is 2.14. The van der Waals surface area contributed by atoms with E-state index in [0.29, 0.717) is 5.75 Å². The topological polar surface area (TPSA) is 51.2 Å². The first-order chi connectivity index (χ1) is 10.7. The van der Waals surface area contributed by atoms with Crippen LogP contribution in [0.5, 0.6) is 5.75 Å². The van der Waals surface area contributed by atoms with Crippen molar-refractivity contribution in [1.82, 2.24) is 10.3 Å². The van der Waals surface area contributed by atoms with Crippen LogP contribution in [0.3, 0.4) is 0 Å². The van der Waals surface area contributed by atoms with E-state index in [-0.39, 0.29) is 23.7 Å². The predicted octanol–water partition coefficient (Wildman–Crippen LogP) is 2.69. The summed E-state index contributed by atoms with van der Waals surface area (Å²) >= 11 is 5.79. The lowest BCUT2D eigenvalue weighted by atomic mass is 10.2. The molecule has 0 aliphatic rings. The molecule has 112 valence electrons. The molecule has 0 saturated heterocycles. The Morgan fingerprint density at radius 2 is 2.18 bits per heavy atom. The van der Waals surface area contributed by atoms with Crippen molar-refractivity contribution >= 4 is 17.5 Å². The third-order valence-electron chi connectivity index (χ3n) is 2.60. The van der Waals surface area contributed by atoms with Crippen LogP contribution in [-0.2, 0) is 0 Å². The SMILES string of the molecule is O=C(NCC#CCOc1cccnc1)c1c(F)cccc1Cl. The first kappa shape index (κ1) is 15.8. The number of nitrogens with one attached hydrogen (secondary N) is 1. The summed E-state index contributed by atoms with van der Waals surface area (Å²) in [4.78, 5) is 15.7. The number of nitrogens with zero attached hydrogens (tertiary/aromatic N) is 1. The van der Waals surface area contributed by atoms with E-state index in [0.717, 1.165) is 0 Å². The van der Waals surface area contributed by atoms with E-state index in [2.05, 4.69) is 22.1 Å². The summed E-state index contributed by atoms with van der Waals surface area (Å²) in [5, 5.41) is 2.53. The Labute approximate surface area is 132 Å². The Kier molecular flexibility index (Phi) is 5.75. The molecule has 0 saturated carbocycles. The normalized spacial score (nSPS) is 9.55. The average molecular weight is 319 g/mol. The number of ether oxygens (including phenoxy) is 1. The van der Waals surface area contributed by atoms with Crippen LogP contribution in [0.25, 0.3) is 0 Å². The minimum Gasteiger partial charge on any atom is -0.479 e. The quantitative estimate of drug-likeness (QED) is 0.882. The highest BCUT2D eigenvalue weighted by molar-refractivity contribution is 6.33. The summed E-state index contributed by atoms with van der Waals surface area (Å²) in [6.07, 6.45) is 3.21. The van der Waals surface area contributed by atoms with E-state index in [1.54, 1.807) is 24.5 Å². The molecule has 2 rings (SSSR count). The lowest BCUT2D eigenvalue weighted by molar-refractivity contribution is 0.0955. The average Bonchev–Trinajstić information content (AvgIpc) is 2.51. The molecule has 0 bridgehead atoms. The number of rotatable bonds is 4. The first-order valence-electron chi connectivity index (χ1n) is 6.39. The molecule has 1 heterocycles. The molecule has 6 heteroatoms. The molecule has 0 fully saturated rings. The van der Waals surface area contributed by atoms with Gasteiger partial charge in [-0.05, 0) is 24.3 Å². The molecule has 1 N–H and O–H groups in total. The van der Waals surface area contributed by atoms with Crippen LogP contribution in [-0.4, -0.2) is 24.0 Å². The second-order valence-corrected chi connectivity index (χ2v) is 4.52. The van der Waals surface area contributed by atoms with Gasteiger partial charge in [-0.2, -0.15) is 0 Å². The van der Waals surface area contributed by atoms with Crippen LogP contribution in [0, 0.1) is 17.7 Å². The zero-order valence-corrected chi connectivity index (χ0v) is 12.2. The smallest absolute Gasteiger partial charge is 0.256 e. The van der Waals surface area contributed by atoms with Gasteiger partial charge in [0.1, 0.15) is 18.2 Å². The first-order valence-corrected chi connectivity index (χ1v) is 6.77. The van der Waals surface area contributed by atoms with Crippen molar-refractivity contribution < 1.29 is 13.9 Å². The molecule has 0 aliphatic heterocycles. The number of carbonyl (C=O) groups excluding carboxylic acids is 1. The van der Waals surface area contributed by atoms with Gasteiger partial charge in [-0.15, -0.1) is 0 Å². The highest BCUT2D eigenvalue weighted by Crippen LogP contribution is 2.18. The zero-order valence-electron chi connectivity index (χ0n) is 11.5. The van der Waals surface area contributed by atoms with Crippen molar-refractivity contribution in [1.29, 1.82) is 0 Å². The molecule has 2 aromatic rings. The van der Waals surface area contributed by atoms with E-state index in [1.165, 1.54) is 18.2 Å². The molecule has 0 unspecified atom stereocenters. The van der Waals surface area contributed by atoms with Crippen LogP contribution in [0.15, 0.2) is 42.7 Å². The maximum absolute atomic E-state index is 13.5. The third kappa shape index (κ3) is 4.47. The number of amides is 1. The van der Waals surface area contributed by atoms with Gasteiger partial charge in [0.15, 0.2) is 0 Å². The summed E-state index contributed by atoms with van der Waals surface area (Å²) in [6, 6.07) is 7.57. The van der Waals surface area contributed by atoms with Gasteiger partial charge in [0.2, 0.25) is 0 Å². The van der Waals surface area contributed by atoms with Gasteiger partial charge < -0.3 is 10.1 Å². The van der Waals surface area contributed by atoms with Crippen molar-refractivity contribution in [2.45, 2.75) is 0 Å². The summed E-state index contributed by atoms with van der Waals surface area (Å²) in [6.45, 7) is 0.238. The number of hydrogen-bond donors (Lipinski definition) is 1. The third-order valence-corrected chi connectivity index (χ3v) is 2.91. The van der Waals surface area contributed by atoms with Gasteiger partial charge in [-0.1, -0.05) is 29.5 Å². The van der Waals surface area contributed by atoms with Crippen LogP contribution in [0.2, 0.25) is 5.02 Å². The minimum atomic E-state index is -0.669. The summed E-state index contributed by atoms with van der Waals surface area (Å²) < 4.78 is 18.8. The second-order valence-electron chi connectivity index (χ2n) is 4.11. The molecule has 4 nitrogen and oxygen atoms in total. The Morgan fingerprint density at radius 3 is 2.91 bits per heavy atom. The molecule has 0 atom stereocenters. The second kappa shape index (κ2) is 8.01. The van der Waals surface area contributed by atoms with Gasteiger partial charge in [0, 0.05) is 6.20 Å². The molecule has 22 heavy (non-hydrogen) atoms. The van der Waals surface area contributed by atoms with Crippen LogP contribution in [0.1, 0.15) is 10.4 Å². The lowest BCUT2D eigenvalue weighted by Crippen LogP contribution is -2.25. The van der Waals surface area contributed by atoms with Gasteiger partial charge >= 0.3 is 0 Å². The van der Waals surface area contributed by atoms with Crippen molar-refractivity contribution in [3.8, 4) is 17.6 Å². The van der Waals surface area contributed by atoms with E-state index < -0.39 is 11.7 Å². The minimum absolute atomic E-state index is 0.0605. The fraction of sp³-hybridized carbons (Fsp3) is 0.125. The monoisotopic (exact) mass is 318 g/mol. The fourth-order valence-electron chi connectivity index (χ4n) is 1.59. The maximum atomic E-state index is 13.5. The molecule has 1 aromatic heterocycles. The number of benzene rings is 1. The number of halogens is 2. The predicted molar refractivity (Wildman–Crippen MR) is 81.3 cm³/mol. The van der Waals surface area contributed by atoms with E-state index in [4.69, 9.17) is 16.3 Å². The number of pyridine rings is 1. The summed E-state index contributed by atoms with van der Waals surface area (Å²) in [5.74, 6) is 4.77. The molecule has 0 spiro atoms. The van der Waals surface area contributed by atoms with Crippen molar-refractivity contribution in [3.05, 3.63) is 59.1 Å². The van der Waals surface area contributed by atoms with Crippen LogP contribution >= 0.6 is 11.6 Å². The van der Waals surface area contributed by atoms with Crippen molar-refractivity contribution in [3.63, 3.8) is 0 Å². The standard InChI is InChI=1S/C16H12ClFN2O2/c17-13-6-3-7-14(18)15(13)16(21)20-9-1-2-10-22-12-5-4-8-19-11-12/h3-8,11H,9-10H2,(H,20,21). The maximum Gasteiger partial charge on any atom is 0.256 e. The van der Waals surface area contributed by atoms with Gasteiger partial charge in [0.25, 0.3) is 5.91 Å². The van der Waals surface area contributed by atoms with Crippen molar-refractivity contribution in [2.75, 3.05) is 13.2 Å². The van der Waals surface area contributed by atoms with Gasteiger partial charge in [-0.3, -0.25) is 9.78 Å². The van der Waals surface area contributed by atoms with Crippen molar-refractivity contribution in [2.24, 2.45) is 0 Å². The van der Waals surface area contributed by atoms with E-state index >= 15 is 0 Å². The number of aromatic nitrogens is 1. The Hall–Kier alpha value is -2.58.